The van der Waals surface area contributed by atoms with Crippen LogP contribution in [0.2, 0.25) is 0 Å². The van der Waals surface area contributed by atoms with Gasteiger partial charge in [0.25, 0.3) is 16.8 Å². The number of carbonyl (C=O) groups is 2. The summed E-state index contributed by atoms with van der Waals surface area (Å²) in [7, 11) is 1.62. The van der Waals surface area contributed by atoms with Gasteiger partial charge in [-0.25, -0.2) is 0 Å². The van der Waals surface area contributed by atoms with Crippen LogP contribution in [0, 0.1) is 27.9 Å². The van der Waals surface area contributed by atoms with Crippen LogP contribution in [0.1, 0.15) is 55.2 Å². The number of non-ortho nitro benzene ring substituents is 1. The summed E-state index contributed by atoms with van der Waals surface area (Å²) in [5.74, 6) is 2.82. The summed E-state index contributed by atoms with van der Waals surface area (Å²) in [6.45, 7) is 0.0739. The normalized spacial score (nSPS) is 29.9. The lowest BCUT2D eigenvalue weighted by Crippen LogP contribution is -2.48. The highest BCUT2D eigenvalue weighted by Gasteiger charge is 2.51. The van der Waals surface area contributed by atoms with Crippen molar-refractivity contribution in [2.24, 2.45) is 17.8 Å². The van der Waals surface area contributed by atoms with E-state index in [-0.39, 0.29) is 28.8 Å². The number of hydrogen-bond acceptors (Lipinski definition) is 6. The minimum atomic E-state index is -0.475. The van der Waals surface area contributed by atoms with E-state index < -0.39 is 4.92 Å². The summed E-state index contributed by atoms with van der Waals surface area (Å²) in [6, 6.07) is 12.3. The summed E-state index contributed by atoms with van der Waals surface area (Å²) in [4.78, 5) is 37.9. The van der Waals surface area contributed by atoms with Gasteiger partial charge in [-0.1, -0.05) is 18.2 Å². The Hall–Kier alpha value is -3.13. The molecular weight excluding hydrogens is 476 g/mol. The van der Waals surface area contributed by atoms with Gasteiger partial charge in [-0.2, -0.15) is 0 Å². The summed E-state index contributed by atoms with van der Waals surface area (Å²) in [6.07, 6.45) is 9.66. The first-order valence-electron chi connectivity index (χ1n) is 12.5. The maximum Gasteiger partial charge on any atom is 0.293 e. The van der Waals surface area contributed by atoms with Crippen molar-refractivity contribution in [1.29, 1.82) is 0 Å². The lowest BCUT2D eigenvalue weighted by molar-refractivity contribution is -0.384. The van der Waals surface area contributed by atoms with E-state index in [4.69, 9.17) is 4.74 Å². The lowest BCUT2D eigenvalue weighted by atomic mass is 9.48. The van der Waals surface area contributed by atoms with Crippen LogP contribution in [0.3, 0.4) is 0 Å². The van der Waals surface area contributed by atoms with Crippen molar-refractivity contribution >= 4 is 34.7 Å². The largest absolute Gasteiger partial charge is 0.496 e. The van der Waals surface area contributed by atoms with Crippen molar-refractivity contribution in [3.8, 4) is 5.75 Å². The van der Waals surface area contributed by atoms with Gasteiger partial charge in [0.05, 0.1) is 23.5 Å². The third-order valence-corrected chi connectivity index (χ3v) is 9.44. The number of amides is 2. The number of nitro benzene ring substituents is 1. The van der Waals surface area contributed by atoms with Gasteiger partial charge in [0.15, 0.2) is 0 Å². The van der Waals surface area contributed by atoms with Gasteiger partial charge in [-0.3, -0.25) is 24.6 Å². The highest BCUT2D eigenvalue weighted by Crippen LogP contribution is 2.61. The molecule has 5 aliphatic rings. The van der Waals surface area contributed by atoms with E-state index in [0.29, 0.717) is 16.2 Å². The van der Waals surface area contributed by atoms with Crippen LogP contribution in [0.15, 0.2) is 47.4 Å². The van der Waals surface area contributed by atoms with Gasteiger partial charge in [0, 0.05) is 17.7 Å². The smallest absolute Gasteiger partial charge is 0.293 e. The Balaban J connectivity index is 1.27. The molecule has 1 aliphatic heterocycles. The van der Waals surface area contributed by atoms with Gasteiger partial charge in [-0.15, -0.1) is 0 Å². The molecule has 7 rings (SSSR count). The predicted octanol–water partition coefficient (Wildman–Crippen LogP) is 6.31. The quantitative estimate of drug-likeness (QED) is 0.260. The van der Waals surface area contributed by atoms with Gasteiger partial charge < -0.3 is 4.74 Å². The number of rotatable bonds is 6. The zero-order valence-corrected chi connectivity index (χ0v) is 21.0. The minimum absolute atomic E-state index is 0.0289. The Labute approximate surface area is 214 Å². The van der Waals surface area contributed by atoms with Crippen LogP contribution < -0.4 is 4.74 Å². The van der Waals surface area contributed by atoms with Crippen LogP contribution >= 0.6 is 11.8 Å². The zero-order valence-electron chi connectivity index (χ0n) is 20.1. The fourth-order valence-corrected chi connectivity index (χ4v) is 8.15. The third kappa shape index (κ3) is 4.01. The number of methoxy groups -OCH3 is 1. The van der Waals surface area contributed by atoms with Gasteiger partial charge in [0.1, 0.15) is 5.75 Å². The SMILES string of the molecule is COc1ccc(C23CC4CC(CC(C4)C2)C3)cc1/C=C1/SC(=O)N(Cc2ccc([N+](=O)[O-])cc2)C1=O. The first-order chi connectivity index (χ1) is 17.3. The van der Waals surface area contributed by atoms with E-state index in [1.165, 1.54) is 61.1 Å². The van der Waals surface area contributed by atoms with E-state index >= 15 is 0 Å². The molecule has 5 fully saturated rings. The molecule has 186 valence electrons. The number of nitro groups is 1. The summed E-state index contributed by atoms with van der Waals surface area (Å²) < 4.78 is 5.63. The van der Waals surface area contributed by atoms with Crippen molar-refractivity contribution in [3.63, 3.8) is 0 Å². The number of thioether (sulfide) groups is 1. The molecule has 36 heavy (non-hydrogen) atoms. The zero-order chi connectivity index (χ0) is 25.0. The van der Waals surface area contributed by atoms with Crippen LogP contribution in [0.25, 0.3) is 6.08 Å². The second-order valence-corrected chi connectivity index (χ2v) is 11.8. The molecule has 0 atom stereocenters. The second kappa shape index (κ2) is 8.76. The van der Waals surface area contributed by atoms with Crippen molar-refractivity contribution < 1.29 is 19.2 Å². The maximum atomic E-state index is 13.2. The van der Waals surface area contributed by atoms with Crippen LogP contribution in [0.5, 0.6) is 5.75 Å². The van der Waals surface area contributed by atoms with Crippen LogP contribution in [-0.2, 0) is 16.8 Å². The molecule has 4 aliphatic carbocycles. The molecule has 1 saturated heterocycles. The molecule has 2 amide bonds. The average Bonchev–Trinajstić information content (AvgIpc) is 3.11. The topological polar surface area (TPSA) is 89.8 Å². The molecule has 2 aromatic carbocycles. The number of ether oxygens (including phenoxy) is 1. The molecule has 0 aromatic heterocycles. The number of imide groups is 1. The van der Waals surface area contributed by atoms with Crippen LogP contribution in [-0.4, -0.2) is 28.1 Å². The van der Waals surface area contributed by atoms with E-state index in [1.54, 1.807) is 25.3 Å². The molecule has 7 nitrogen and oxygen atoms in total. The van der Waals surface area contributed by atoms with E-state index in [0.717, 1.165) is 35.1 Å². The summed E-state index contributed by atoms with van der Waals surface area (Å²) in [5, 5.41) is 10.6. The fraction of sp³-hybridized carbons (Fsp3) is 0.429. The Morgan fingerprint density at radius 3 is 2.28 bits per heavy atom. The molecule has 8 heteroatoms. The van der Waals surface area contributed by atoms with Crippen molar-refractivity contribution in [3.05, 3.63) is 74.2 Å². The van der Waals surface area contributed by atoms with E-state index in [2.05, 4.69) is 12.1 Å². The van der Waals surface area contributed by atoms with Crippen LogP contribution in [0.4, 0.5) is 10.5 Å². The lowest BCUT2D eigenvalue weighted by Gasteiger charge is -2.57. The standard InChI is InChI=1S/C28H28N2O5S/c1-35-24-7-4-22(28-13-18-8-19(14-28)10-20(9-18)15-28)11-21(24)12-25-26(31)29(27(32)36-25)16-17-2-5-23(6-3-17)30(33)34/h2-7,11-12,18-20H,8-10,13-16H2,1H3/b25-12+. The highest BCUT2D eigenvalue weighted by molar-refractivity contribution is 8.18. The average molecular weight is 505 g/mol. The first kappa shape index (κ1) is 23.3. The monoisotopic (exact) mass is 504 g/mol. The predicted molar refractivity (Wildman–Crippen MR) is 137 cm³/mol. The number of benzene rings is 2. The Bertz CT molecular complexity index is 1250. The Morgan fingerprint density at radius 1 is 1.06 bits per heavy atom. The van der Waals surface area contributed by atoms with Crippen molar-refractivity contribution in [2.45, 2.75) is 50.5 Å². The third-order valence-electron chi connectivity index (χ3n) is 8.53. The number of nitrogens with zero attached hydrogens (tertiary/aromatic N) is 2. The molecule has 0 N–H and O–H groups in total. The van der Waals surface area contributed by atoms with E-state index in [9.17, 15) is 19.7 Å². The first-order valence-corrected chi connectivity index (χ1v) is 13.3. The number of carbonyl (C=O) groups excluding carboxylic acids is 2. The molecule has 0 spiro atoms. The summed E-state index contributed by atoms with van der Waals surface area (Å²) >= 11 is 0.923. The Morgan fingerprint density at radius 2 is 1.69 bits per heavy atom. The molecule has 2 aromatic rings. The van der Waals surface area contributed by atoms with Crippen molar-refractivity contribution in [1.82, 2.24) is 4.90 Å². The molecule has 4 saturated carbocycles. The molecule has 4 bridgehead atoms. The molecule has 0 unspecified atom stereocenters. The maximum absolute atomic E-state index is 13.2. The molecule has 0 radical (unpaired) electrons. The second-order valence-electron chi connectivity index (χ2n) is 10.8. The van der Waals surface area contributed by atoms with Gasteiger partial charge in [0.2, 0.25) is 0 Å². The Kier molecular flexibility index (Phi) is 5.67. The van der Waals surface area contributed by atoms with Gasteiger partial charge in [-0.05, 0) is 103 Å². The van der Waals surface area contributed by atoms with Gasteiger partial charge >= 0.3 is 0 Å². The fourth-order valence-electron chi connectivity index (χ4n) is 7.32. The number of hydrogen-bond donors (Lipinski definition) is 0. The molecule has 1 heterocycles. The van der Waals surface area contributed by atoms with E-state index in [1.807, 2.05) is 6.07 Å². The minimum Gasteiger partial charge on any atom is -0.496 e. The highest BCUT2D eigenvalue weighted by atomic mass is 32.2. The summed E-state index contributed by atoms with van der Waals surface area (Å²) in [5.41, 5.74) is 3.01. The van der Waals surface area contributed by atoms with Crippen molar-refractivity contribution in [2.75, 3.05) is 7.11 Å². The molecular formula is C28H28N2O5S.